The van der Waals surface area contributed by atoms with Gasteiger partial charge in [0, 0.05) is 26.3 Å². The first kappa shape index (κ1) is 42.7. The summed E-state index contributed by atoms with van der Waals surface area (Å²) in [7, 11) is 0. The largest absolute Gasteiger partial charge is 0.508 e. The molecule has 8 N–H and O–H groups in total. The van der Waals surface area contributed by atoms with Crippen molar-refractivity contribution < 1.29 is 48.5 Å². The predicted molar refractivity (Wildman–Crippen MR) is 189 cm³/mol. The average molecular weight is 727 g/mol. The van der Waals surface area contributed by atoms with Gasteiger partial charge in [-0.15, -0.1) is 0 Å². The number of rotatable bonds is 21. The summed E-state index contributed by atoms with van der Waals surface area (Å²) in [6.45, 7) is 3.74. The first-order valence-corrected chi connectivity index (χ1v) is 17.1. The first-order valence-electron chi connectivity index (χ1n) is 17.1. The molecule has 0 spiro atoms. The number of carbonyl (C=O) groups excluding carboxylic acids is 6. The molecule has 0 aliphatic carbocycles. The highest BCUT2D eigenvalue weighted by Crippen LogP contribution is 2.15. The molecule has 2 aromatic rings. The van der Waals surface area contributed by atoms with Crippen molar-refractivity contribution in [1.82, 2.24) is 26.4 Å². The lowest BCUT2D eigenvalue weighted by molar-refractivity contribution is -0.151. The number of aryl methyl sites for hydroxylation is 2. The minimum absolute atomic E-state index is 0.0451. The number of ether oxygens (including phenoxy) is 1. The lowest BCUT2D eigenvalue weighted by Gasteiger charge is -2.23. The van der Waals surface area contributed by atoms with Crippen LogP contribution in [-0.2, 0) is 39.9 Å². The number of nitrogens with two attached hydrogens (primary N) is 1. The van der Waals surface area contributed by atoms with Crippen LogP contribution in [-0.4, -0.2) is 95.0 Å². The Bertz CT molecular complexity index is 1530. The summed E-state index contributed by atoms with van der Waals surface area (Å²) < 4.78 is 5.10. The fourth-order valence-electron chi connectivity index (χ4n) is 5.22. The van der Waals surface area contributed by atoms with Crippen molar-refractivity contribution in [2.75, 3.05) is 26.2 Å². The van der Waals surface area contributed by atoms with E-state index in [0.29, 0.717) is 72.3 Å². The highest BCUT2D eigenvalue weighted by molar-refractivity contribution is 5.95. The summed E-state index contributed by atoms with van der Waals surface area (Å²) in [5, 5.41) is 27.6. The number of aromatic hydroxyl groups is 1. The number of hydrogen-bond donors (Lipinski definition) is 7. The van der Waals surface area contributed by atoms with E-state index in [1.54, 1.807) is 44.2 Å². The molecule has 2 atom stereocenters. The molecule has 16 heteroatoms. The Morgan fingerprint density at radius 3 is 2.13 bits per heavy atom. The predicted octanol–water partition coefficient (Wildman–Crippen LogP) is 1.15. The Hall–Kier alpha value is -5.51. The van der Waals surface area contributed by atoms with Crippen molar-refractivity contribution in [3.8, 4) is 5.75 Å². The summed E-state index contributed by atoms with van der Waals surface area (Å²) in [6, 6.07) is 9.54. The lowest BCUT2D eigenvalue weighted by atomic mass is 10.0. The third-order valence-electron chi connectivity index (χ3n) is 7.90. The van der Waals surface area contributed by atoms with Gasteiger partial charge in [-0.3, -0.25) is 34.2 Å². The minimum atomic E-state index is -1.39. The summed E-state index contributed by atoms with van der Waals surface area (Å²) in [6.07, 6.45) is 2.93. The monoisotopic (exact) mass is 726 g/mol. The number of carbonyl (C=O) groups is 7. The zero-order chi connectivity index (χ0) is 38.6. The Balaban J connectivity index is 1.89. The number of carboxylic acid groups (broad SMARTS) is 1. The van der Waals surface area contributed by atoms with Gasteiger partial charge >= 0.3 is 11.9 Å². The van der Waals surface area contributed by atoms with Gasteiger partial charge < -0.3 is 36.6 Å². The van der Waals surface area contributed by atoms with Crippen LogP contribution < -0.4 is 27.1 Å². The summed E-state index contributed by atoms with van der Waals surface area (Å²) >= 11 is 0. The molecule has 0 unspecified atom stereocenters. The molecule has 0 aliphatic heterocycles. The van der Waals surface area contributed by atoms with Crippen LogP contribution in [0, 0.1) is 13.8 Å². The number of amides is 5. The van der Waals surface area contributed by atoms with Gasteiger partial charge in [0.2, 0.25) is 23.6 Å². The zero-order valence-corrected chi connectivity index (χ0v) is 29.9. The second kappa shape index (κ2) is 22.3. The van der Waals surface area contributed by atoms with Crippen LogP contribution >= 0.6 is 0 Å². The number of phenolic OH excluding ortho intramolecular Hbond substituents is 1. The van der Waals surface area contributed by atoms with Crippen LogP contribution in [0.2, 0.25) is 0 Å². The number of hydrazine groups is 1. The van der Waals surface area contributed by atoms with Gasteiger partial charge in [-0.25, -0.2) is 9.80 Å². The average Bonchev–Trinajstić information content (AvgIpc) is 3.08. The van der Waals surface area contributed by atoms with Gasteiger partial charge in [0.15, 0.2) is 6.61 Å². The highest BCUT2D eigenvalue weighted by atomic mass is 16.5. The fourth-order valence-corrected chi connectivity index (χ4v) is 5.22. The van der Waals surface area contributed by atoms with Crippen LogP contribution in [0.15, 0.2) is 42.5 Å². The first-order chi connectivity index (χ1) is 24.7. The standard InChI is InChI=1S/C36H50N6O10/c1-23-10-9-11-24(2)33(23)36(51)52-22-31(46)42(21-32(47)48)41-30(45)13-5-4-8-19-38-34(49)29(20-26-14-16-27(44)17-15-26)40-35(50)28(39-25(3)43)12-6-7-18-37/h9-11,14-17,28-29,44H,4-8,12-13,18-22,37H2,1-3H3,(H,38,49)(H,39,43)(H,40,50)(H,41,45)(H,47,48)/t28-,29-/m0/s1. The molecule has 0 saturated heterocycles. The van der Waals surface area contributed by atoms with Crippen molar-refractivity contribution in [3.05, 3.63) is 64.7 Å². The number of aliphatic carboxylic acids is 1. The van der Waals surface area contributed by atoms with Crippen molar-refractivity contribution in [2.45, 2.75) is 84.2 Å². The van der Waals surface area contributed by atoms with Crippen LogP contribution in [0.5, 0.6) is 5.75 Å². The van der Waals surface area contributed by atoms with Gasteiger partial charge in [0.05, 0.1) is 5.56 Å². The number of carboxylic acids is 1. The van der Waals surface area contributed by atoms with Crippen LogP contribution in [0.25, 0.3) is 0 Å². The van der Waals surface area contributed by atoms with E-state index in [1.807, 2.05) is 0 Å². The highest BCUT2D eigenvalue weighted by Gasteiger charge is 2.27. The van der Waals surface area contributed by atoms with Crippen LogP contribution in [0.3, 0.4) is 0 Å². The molecule has 5 amide bonds. The Kier molecular flexibility index (Phi) is 18.3. The maximum atomic E-state index is 13.2. The van der Waals surface area contributed by atoms with E-state index in [9.17, 15) is 43.8 Å². The van der Waals surface area contributed by atoms with E-state index in [4.69, 9.17) is 10.5 Å². The van der Waals surface area contributed by atoms with Crippen molar-refractivity contribution in [1.29, 1.82) is 0 Å². The number of nitrogens with one attached hydrogen (secondary N) is 4. The van der Waals surface area contributed by atoms with Crippen LogP contribution in [0.1, 0.15) is 78.9 Å². The smallest absolute Gasteiger partial charge is 0.339 e. The molecule has 0 aliphatic rings. The number of nitrogens with zero attached hydrogens (tertiary/aromatic N) is 1. The Morgan fingerprint density at radius 2 is 1.52 bits per heavy atom. The molecule has 0 aromatic heterocycles. The SMILES string of the molecule is CC(=O)N[C@@H](CCCCN)C(=O)N[C@@H](Cc1ccc(O)cc1)C(=O)NCCCCCC(=O)NN(CC(=O)O)C(=O)COC(=O)c1c(C)cccc1C. The molecule has 2 aromatic carbocycles. The molecule has 0 radical (unpaired) electrons. The van der Waals surface area contributed by atoms with Crippen molar-refractivity contribution >= 4 is 41.5 Å². The van der Waals surface area contributed by atoms with Gasteiger partial charge in [-0.2, -0.15) is 0 Å². The molecule has 0 heterocycles. The maximum absolute atomic E-state index is 13.2. The summed E-state index contributed by atoms with van der Waals surface area (Å²) in [4.78, 5) is 87.2. The van der Waals surface area contributed by atoms with E-state index in [-0.39, 0.29) is 25.1 Å². The molecule has 16 nitrogen and oxygen atoms in total. The number of esters is 1. The molecular formula is C36H50N6O10. The second-order valence-electron chi connectivity index (χ2n) is 12.3. The Morgan fingerprint density at radius 1 is 0.846 bits per heavy atom. The van der Waals surface area contributed by atoms with Crippen molar-refractivity contribution in [3.63, 3.8) is 0 Å². The van der Waals surface area contributed by atoms with Gasteiger partial charge in [0.25, 0.3) is 5.91 Å². The van der Waals surface area contributed by atoms with Crippen LogP contribution in [0.4, 0.5) is 0 Å². The fraction of sp³-hybridized carbons (Fsp3) is 0.472. The number of phenols is 1. The lowest BCUT2D eigenvalue weighted by Crippen LogP contribution is -2.54. The molecule has 0 bridgehead atoms. The second-order valence-corrected chi connectivity index (χ2v) is 12.3. The molecule has 2 rings (SSSR count). The summed E-state index contributed by atoms with van der Waals surface area (Å²) in [5.41, 5.74) is 10.1. The molecule has 284 valence electrons. The third kappa shape index (κ3) is 15.6. The van der Waals surface area contributed by atoms with E-state index >= 15 is 0 Å². The van der Waals surface area contributed by atoms with Crippen molar-refractivity contribution in [2.24, 2.45) is 5.73 Å². The summed E-state index contributed by atoms with van der Waals surface area (Å²) in [5.74, 6) is -5.03. The van der Waals surface area contributed by atoms with Gasteiger partial charge in [-0.1, -0.05) is 36.8 Å². The minimum Gasteiger partial charge on any atom is -0.508 e. The number of unbranched alkanes of at least 4 members (excludes halogenated alkanes) is 3. The molecule has 0 fully saturated rings. The van der Waals surface area contributed by atoms with Gasteiger partial charge in [0.1, 0.15) is 24.4 Å². The zero-order valence-electron chi connectivity index (χ0n) is 29.9. The van der Waals surface area contributed by atoms with E-state index in [0.717, 1.165) is 0 Å². The maximum Gasteiger partial charge on any atom is 0.339 e. The molecule has 52 heavy (non-hydrogen) atoms. The molecular weight excluding hydrogens is 676 g/mol. The number of benzene rings is 2. The van der Waals surface area contributed by atoms with E-state index < -0.39 is 66.7 Å². The Labute approximate surface area is 302 Å². The van der Waals surface area contributed by atoms with E-state index in [1.165, 1.54) is 19.1 Å². The third-order valence-corrected chi connectivity index (χ3v) is 7.90. The number of hydrogen-bond acceptors (Lipinski definition) is 10. The topological polar surface area (TPSA) is 247 Å². The molecule has 0 saturated carbocycles. The normalized spacial score (nSPS) is 11.8. The quantitative estimate of drug-likeness (QED) is 0.0546. The van der Waals surface area contributed by atoms with Gasteiger partial charge in [-0.05, 0) is 81.3 Å². The van der Waals surface area contributed by atoms with E-state index in [2.05, 4.69) is 21.4 Å².